The van der Waals surface area contributed by atoms with Gasteiger partial charge in [0, 0.05) is 30.6 Å². The van der Waals surface area contributed by atoms with Gasteiger partial charge >= 0.3 is 5.97 Å². The van der Waals surface area contributed by atoms with Crippen LogP contribution in [0, 0.1) is 0 Å². The first-order valence-corrected chi connectivity index (χ1v) is 13.0. The Bertz CT molecular complexity index is 1100. The van der Waals surface area contributed by atoms with Crippen LogP contribution in [-0.2, 0) is 22.6 Å². The lowest BCUT2D eigenvalue weighted by Crippen LogP contribution is -2.33. The summed E-state index contributed by atoms with van der Waals surface area (Å²) >= 11 is 6.02. The van der Waals surface area contributed by atoms with E-state index in [4.69, 9.17) is 21.4 Å². The molecule has 6 nitrogen and oxygen atoms in total. The Hall–Kier alpha value is -3.35. The molecule has 0 aromatic heterocycles. The molecule has 0 aliphatic rings. The minimum absolute atomic E-state index is 0.0267. The fourth-order valence-corrected chi connectivity index (χ4v) is 4.21. The predicted molar refractivity (Wildman–Crippen MR) is 147 cm³/mol. The van der Waals surface area contributed by atoms with E-state index >= 15 is 0 Å². The van der Waals surface area contributed by atoms with E-state index in [9.17, 15) is 9.59 Å². The van der Waals surface area contributed by atoms with Gasteiger partial charge in [-0.15, -0.1) is 0 Å². The lowest BCUT2D eigenvalue weighted by molar-refractivity contribution is -0.137. The minimum atomic E-state index is -0.790. The number of carboxylic acids is 1. The zero-order valence-corrected chi connectivity index (χ0v) is 22.0. The van der Waals surface area contributed by atoms with Gasteiger partial charge < -0.3 is 15.2 Å². The lowest BCUT2D eigenvalue weighted by Gasteiger charge is -2.29. The summed E-state index contributed by atoms with van der Waals surface area (Å²) < 4.78 is 5.81. The van der Waals surface area contributed by atoms with Crippen LogP contribution in [0.3, 0.4) is 0 Å². The third-order valence-electron chi connectivity index (χ3n) is 6.22. The van der Waals surface area contributed by atoms with Gasteiger partial charge in [-0.05, 0) is 67.3 Å². The number of nitrogens with zero attached hydrogens (tertiary/aromatic N) is 1. The summed E-state index contributed by atoms with van der Waals surface area (Å²) in [5, 5.41) is 12.7. The fourth-order valence-electron chi connectivity index (χ4n) is 4.09. The highest BCUT2D eigenvalue weighted by Crippen LogP contribution is 2.23. The van der Waals surface area contributed by atoms with Gasteiger partial charge in [0.15, 0.2) is 0 Å². The van der Waals surface area contributed by atoms with Crippen LogP contribution in [0.2, 0.25) is 5.02 Å². The molecule has 0 saturated heterocycles. The van der Waals surface area contributed by atoms with E-state index < -0.39 is 5.97 Å². The van der Waals surface area contributed by atoms with E-state index in [2.05, 4.69) is 17.1 Å². The molecule has 2 N–H and O–H groups in total. The Kier molecular flexibility index (Phi) is 11.5. The molecule has 0 heterocycles. The molecule has 7 heteroatoms. The number of rotatable bonds is 15. The third-order valence-corrected chi connectivity index (χ3v) is 6.47. The number of carbonyl (C=O) groups excluding carboxylic acids is 1. The zero-order valence-electron chi connectivity index (χ0n) is 21.2. The van der Waals surface area contributed by atoms with Gasteiger partial charge in [0.1, 0.15) is 12.4 Å². The van der Waals surface area contributed by atoms with Gasteiger partial charge in [0.2, 0.25) is 5.91 Å². The Balaban J connectivity index is 1.42. The molecule has 0 aliphatic heterocycles. The van der Waals surface area contributed by atoms with Crippen LogP contribution in [0.4, 0.5) is 0 Å². The third kappa shape index (κ3) is 10.3. The highest BCUT2D eigenvalue weighted by atomic mass is 35.5. The topological polar surface area (TPSA) is 78.9 Å². The van der Waals surface area contributed by atoms with Crippen LogP contribution in [0.1, 0.15) is 48.9 Å². The summed E-state index contributed by atoms with van der Waals surface area (Å²) in [6.45, 7) is 4.58. The summed E-state index contributed by atoms with van der Waals surface area (Å²) in [4.78, 5) is 25.7. The number of carboxylic acid groups (broad SMARTS) is 1. The van der Waals surface area contributed by atoms with Crippen molar-refractivity contribution >= 4 is 23.5 Å². The molecular formula is C30H35ClN2O4. The number of nitrogens with one attached hydrogen (secondary N) is 1. The van der Waals surface area contributed by atoms with Gasteiger partial charge in [-0.1, -0.05) is 66.2 Å². The SMILES string of the molecule is CC(c1ccc(Cl)cc1)N(CCCNC(=O)Cc1ccc(OCc2ccccc2)cc1)CCCC(=O)O. The van der Waals surface area contributed by atoms with Crippen molar-refractivity contribution in [2.45, 2.75) is 45.3 Å². The number of amides is 1. The summed E-state index contributed by atoms with van der Waals surface area (Å²) in [5.41, 5.74) is 3.16. The van der Waals surface area contributed by atoms with Crippen LogP contribution in [0.15, 0.2) is 78.9 Å². The molecule has 0 spiro atoms. The average Bonchev–Trinajstić information content (AvgIpc) is 2.90. The Labute approximate surface area is 224 Å². The molecule has 37 heavy (non-hydrogen) atoms. The molecule has 3 rings (SSSR count). The Morgan fingerprint density at radius 3 is 2.27 bits per heavy atom. The second-order valence-electron chi connectivity index (χ2n) is 9.06. The summed E-state index contributed by atoms with van der Waals surface area (Å²) in [5.74, 6) is -0.0471. The highest BCUT2D eigenvalue weighted by molar-refractivity contribution is 6.30. The number of carbonyl (C=O) groups is 2. The van der Waals surface area contributed by atoms with E-state index in [1.807, 2.05) is 78.9 Å². The largest absolute Gasteiger partial charge is 0.489 e. The Morgan fingerprint density at radius 1 is 0.919 bits per heavy atom. The van der Waals surface area contributed by atoms with E-state index in [1.54, 1.807) is 0 Å². The van der Waals surface area contributed by atoms with Crippen molar-refractivity contribution < 1.29 is 19.4 Å². The summed E-state index contributed by atoms with van der Waals surface area (Å²) in [6, 6.07) is 25.4. The first-order valence-electron chi connectivity index (χ1n) is 12.6. The first-order chi connectivity index (χ1) is 17.9. The first kappa shape index (κ1) is 28.2. The van der Waals surface area contributed by atoms with E-state index in [0.29, 0.717) is 37.6 Å². The van der Waals surface area contributed by atoms with Crippen LogP contribution in [-0.4, -0.2) is 41.5 Å². The number of ether oxygens (including phenoxy) is 1. The Morgan fingerprint density at radius 2 is 1.59 bits per heavy atom. The molecule has 1 amide bonds. The lowest BCUT2D eigenvalue weighted by atomic mass is 10.1. The molecule has 3 aromatic carbocycles. The molecule has 0 fully saturated rings. The van der Waals surface area contributed by atoms with E-state index in [0.717, 1.165) is 35.4 Å². The number of aliphatic carboxylic acids is 1. The number of benzene rings is 3. The number of hydrogen-bond donors (Lipinski definition) is 2. The molecule has 0 aliphatic carbocycles. The quantitative estimate of drug-likeness (QED) is 0.243. The van der Waals surface area contributed by atoms with Crippen molar-refractivity contribution in [1.29, 1.82) is 0 Å². The highest BCUT2D eigenvalue weighted by Gasteiger charge is 2.16. The van der Waals surface area contributed by atoms with Crippen LogP contribution < -0.4 is 10.1 Å². The van der Waals surface area contributed by atoms with Gasteiger partial charge in [0.25, 0.3) is 0 Å². The van der Waals surface area contributed by atoms with Gasteiger partial charge in [0.05, 0.1) is 6.42 Å². The van der Waals surface area contributed by atoms with Crippen molar-refractivity contribution in [1.82, 2.24) is 10.2 Å². The predicted octanol–water partition coefficient (Wildman–Crippen LogP) is 5.90. The molecule has 0 radical (unpaired) electrons. The molecule has 1 unspecified atom stereocenters. The maximum Gasteiger partial charge on any atom is 0.303 e. The summed E-state index contributed by atoms with van der Waals surface area (Å²) in [7, 11) is 0. The smallest absolute Gasteiger partial charge is 0.303 e. The van der Waals surface area contributed by atoms with Crippen LogP contribution in [0.25, 0.3) is 0 Å². The fraction of sp³-hybridized carbons (Fsp3) is 0.333. The molecule has 0 bridgehead atoms. The standard InChI is InChI=1S/C30H35ClN2O4/c1-23(26-12-14-27(31)15-13-26)33(19-5-9-30(35)36)20-6-18-32-29(34)21-24-10-16-28(17-11-24)37-22-25-7-3-2-4-8-25/h2-4,7-8,10-17,23H,5-6,9,18-22H2,1H3,(H,32,34)(H,35,36). The van der Waals surface area contributed by atoms with Gasteiger partial charge in [-0.3, -0.25) is 14.5 Å². The van der Waals surface area contributed by atoms with Crippen molar-refractivity contribution in [3.05, 3.63) is 101 Å². The molecule has 1 atom stereocenters. The van der Waals surface area contributed by atoms with Crippen LogP contribution in [0.5, 0.6) is 5.75 Å². The van der Waals surface area contributed by atoms with Gasteiger partial charge in [-0.25, -0.2) is 0 Å². The average molecular weight is 523 g/mol. The molecule has 3 aromatic rings. The maximum atomic E-state index is 12.5. The van der Waals surface area contributed by atoms with Crippen LogP contribution >= 0.6 is 11.6 Å². The monoisotopic (exact) mass is 522 g/mol. The van der Waals surface area contributed by atoms with Crippen molar-refractivity contribution in [2.75, 3.05) is 19.6 Å². The normalized spacial score (nSPS) is 11.8. The van der Waals surface area contributed by atoms with Crippen molar-refractivity contribution in [3.63, 3.8) is 0 Å². The van der Waals surface area contributed by atoms with E-state index in [-0.39, 0.29) is 18.4 Å². The van der Waals surface area contributed by atoms with Crippen molar-refractivity contribution in [3.8, 4) is 5.75 Å². The molecular weight excluding hydrogens is 488 g/mol. The molecule has 0 saturated carbocycles. The summed E-state index contributed by atoms with van der Waals surface area (Å²) in [6.07, 6.45) is 1.78. The minimum Gasteiger partial charge on any atom is -0.489 e. The second-order valence-corrected chi connectivity index (χ2v) is 9.50. The maximum absolute atomic E-state index is 12.5. The van der Waals surface area contributed by atoms with Gasteiger partial charge in [-0.2, -0.15) is 0 Å². The second kappa shape index (κ2) is 15.0. The number of hydrogen-bond acceptors (Lipinski definition) is 4. The zero-order chi connectivity index (χ0) is 26.5. The van der Waals surface area contributed by atoms with E-state index in [1.165, 1.54) is 0 Å². The molecule has 196 valence electrons. The van der Waals surface area contributed by atoms with Crippen molar-refractivity contribution in [2.24, 2.45) is 0 Å². The number of halogens is 1.